The van der Waals surface area contributed by atoms with Crippen LogP contribution in [-0.2, 0) is 7.05 Å². The Morgan fingerprint density at radius 1 is 1.19 bits per heavy atom. The van der Waals surface area contributed by atoms with Gasteiger partial charge in [-0.3, -0.25) is 0 Å². The van der Waals surface area contributed by atoms with Crippen molar-refractivity contribution in [3.05, 3.63) is 71.2 Å². The monoisotopic (exact) mass is 345 g/mol. The van der Waals surface area contributed by atoms with Crippen LogP contribution >= 0.6 is 0 Å². The minimum absolute atomic E-state index is 0.426. The maximum atomic E-state index is 8.49. The molecule has 0 N–H and O–H groups in total. The second-order valence-electron chi connectivity index (χ2n) is 6.56. The highest BCUT2D eigenvalue weighted by molar-refractivity contribution is 6.13. The quantitative estimate of drug-likeness (QED) is 0.319. The Labute approximate surface area is 158 Å². The summed E-state index contributed by atoms with van der Waals surface area (Å²) in [6, 6.07) is 12.7. The van der Waals surface area contributed by atoms with E-state index in [2.05, 4.69) is 4.85 Å². The molecule has 2 heterocycles. The van der Waals surface area contributed by atoms with Gasteiger partial charge in [-0.05, 0) is 36.1 Å². The van der Waals surface area contributed by atoms with Crippen LogP contribution in [0.3, 0.4) is 0 Å². The van der Waals surface area contributed by atoms with Crippen LogP contribution in [-0.4, -0.2) is 0 Å². The van der Waals surface area contributed by atoms with Gasteiger partial charge < -0.3 is 4.42 Å². The summed E-state index contributed by atoms with van der Waals surface area (Å²) in [7, 11) is 1.90. The van der Waals surface area contributed by atoms with Crippen molar-refractivity contribution in [3.8, 4) is 11.3 Å². The Morgan fingerprint density at radius 2 is 2.04 bits per heavy atom. The number of furan rings is 1. The number of hydrogen-bond donors (Lipinski definition) is 0. The molecule has 3 nitrogen and oxygen atoms in total. The predicted octanol–water partition coefficient (Wildman–Crippen LogP) is 6.06. The number of fused-ring (bicyclic) bond motifs is 3. The van der Waals surface area contributed by atoms with Crippen LogP contribution in [0, 0.1) is 13.5 Å². The fraction of sp³-hybridized carbons (Fsp3) is 0.217. The van der Waals surface area contributed by atoms with Crippen molar-refractivity contribution in [3.63, 3.8) is 0 Å². The van der Waals surface area contributed by atoms with Gasteiger partial charge in [0.15, 0.2) is 11.9 Å². The van der Waals surface area contributed by atoms with Crippen molar-refractivity contribution in [1.82, 2.24) is 0 Å². The summed E-state index contributed by atoms with van der Waals surface area (Å²) in [4.78, 5) is 3.48. The molecule has 1 atom stereocenters. The lowest BCUT2D eigenvalue weighted by Gasteiger charge is -2.10. The first-order valence-corrected chi connectivity index (χ1v) is 8.38. The third kappa shape index (κ3) is 2.46. The van der Waals surface area contributed by atoms with Crippen LogP contribution in [0.25, 0.3) is 38.0 Å². The summed E-state index contributed by atoms with van der Waals surface area (Å²) in [5.41, 5.74) is 5.00. The molecule has 0 bridgehead atoms. The zero-order valence-electron chi connectivity index (χ0n) is 18.9. The van der Waals surface area contributed by atoms with Crippen molar-refractivity contribution in [2.24, 2.45) is 7.05 Å². The van der Waals surface area contributed by atoms with Crippen LogP contribution in [0.1, 0.15) is 36.3 Å². The maximum absolute atomic E-state index is 8.49. The van der Waals surface area contributed by atoms with E-state index in [1.54, 1.807) is 30.5 Å². The maximum Gasteiger partial charge on any atom is 0.213 e. The van der Waals surface area contributed by atoms with Crippen molar-refractivity contribution in [2.75, 3.05) is 0 Å². The molecule has 0 radical (unpaired) electrons. The van der Waals surface area contributed by atoms with Gasteiger partial charge in [-0.25, -0.2) is 9.41 Å². The van der Waals surface area contributed by atoms with Gasteiger partial charge in [0.2, 0.25) is 5.69 Å². The van der Waals surface area contributed by atoms with E-state index < -0.39 is 12.7 Å². The first kappa shape index (κ1) is 12.3. The predicted molar refractivity (Wildman–Crippen MR) is 105 cm³/mol. The van der Waals surface area contributed by atoms with Crippen LogP contribution < -0.4 is 4.57 Å². The summed E-state index contributed by atoms with van der Waals surface area (Å²) in [5.74, 6) is -1.74. The summed E-state index contributed by atoms with van der Waals surface area (Å²) in [6.45, 7) is 8.21. The van der Waals surface area contributed by atoms with Gasteiger partial charge in [-0.2, -0.15) is 0 Å². The van der Waals surface area contributed by atoms with Crippen LogP contribution in [0.5, 0.6) is 0 Å². The van der Waals surface area contributed by atoms with Crippen LogP contribution in [0.2, 0.25) is 0 Å². The minimum Gasteiger partial charge on any atom is -0.457 e. The Morgan fingerprint density at radius 3 is 2.81 bits per heavy atom. The average Bonchev–Trinajstić information content (AvgIpc) is 3.05. The second-order valence-corrected chi connectivity index (χ2v) is 6.56. The Balaban J connectivity index is 2.06. The Bertz CT molecular complexity index is 1340. The molecular weight excluding hydrogens is 320 g/mol. The van der Waals surface area contributed by atoms with Gasteiger partial charge in [0.25, 0.3) is 0 Å². The van der Waals surface area contributed by atoms with E-state index >= 15 is 0 Å². The Hall–Kier alpha value is -3.12. The Kier molecular flexibility index (Phi) is 2.83. The summed E-state index contributed by atoms with van der Waals surface area (Å²) in [5, 5.41) is 1.81. The number of pyridine rings is 1. The molecule has 2 aromatic carbocycles. The van der Waals surface area contributed by atoms with E-state index in [-0.39, 0.29) is 0 Å². The third-order valence-electron chi connectivity index (χ3n) is 4.80. The zero-order valence-corrected chi connectivity index (χ0v) is 14.9. The molecule has 2 aromatic heterocycles. The van der Waals surface area contributed by atoms with Gasteiger partial charge in [-0.15, -0.1) is 0 Å². The molecule has 4 aromatic rings. The summed E-state index contributed by atoms with van der Waals surface area (Å²) >= 11 is 0. The molecule has 0 fully saturated rings. The smallest absolute Gasteiger partial charge is 0.213 e. The third-order valence-corrected chi connectivity index (χ3v) is 4.80. The number of hydrogen-bond acceptors (Lipinski definition) is 1. The van der Waals surface area contributed by atoms with E-state index in [0.29, 0.717) is 22.4 Å². The highest BCUT2D eigenvalue weighted by Gasteiger charge is 2.21. The minimum atomic E-state index is -2.45. The van der Waals surface area contributed by atoms with Gasteiger partial charge in [-0.1, -0.05) is 32.0 Å². The van der Waals surface area contributed by atoms with E-state index in [9.17, 15) is 0 Å². The van der Waals surface area contributed by atoms with Gasteiger partial charge in [0, 0.05) is 28.4 Å². The first-order valence-electron chi connectivity index (χ1n) is 10.4. The highest BCUT2D eigenvalue weighted by atomic mass is 16.3. The lowest BCUT2D eigenvalue weighted by atomic mass is 9.95. The summed E-state index contributed by atoms with van der Waals surface area (Å²) < 4.78 is 39.8. The number of aromatic nitrogens is 1. The molecule has 3 heteroatoms. The largest absolute Gasteiger partial charge is 0.457 e. The molecule has 0 aliphatic carbocycles. The lowest BCUT2D eigenvalue weighted by molar-refractivity contribution is -0.660. The normalized spacial score (nSPS) is 16.4. The first-order chi connectivity index (χ1) is 14.0. The molecular formula is C23H21N2O+. The second kappa shape index (κ2) is 6.00. The molecule has 26 heavy (non-hydrogen) atoms. The van der Waals surface area contributed by atoms with Crippen molar-refractivity contribution >= 4 is 27.6 Å². The van der Waals surface area contributed by atoms with E-state index in [1.807, 2.05) is 36.7 Å². The fourth-order valence-corrected chi connectivity index (χ4v) is 3.41. The molecule has 128 valence electrons. The molecule has 4 rings (SSSR count). The topological polar surface area (TPSA) is 21.4 Å². The number of aryl methyl sites for hydroxylation is 2. The average molecular weight is 345 g/mol. The molecule has 1 unspecified atom stereocenters. The molecule has 0 aliphatic rings. The molecule has 0 aliphatic heterocycles. The lowest BCUT2D eigenvalue weighted by Crippen LogP contribution is -2.31. The van der Waals surface area contributed by atoms with Crippen molar-refractivity contribution in [2.45, 2.75) is 26.6 Å². The van der Waals surface area contributed by atoms with Crippen LogP contribution in [0.4, 0.5) is 5.69 Å². The summed E-state index contributed by atoms with van der Waals surface area (Å²) in [6.07, 6.45) is 1.79. The highest BCUT2D eigenvalue weighted by Crippen LogP contribution is 2.39. The standard InChI is InChI=1S/C23H21N2O/c1-14(2)16-10-11-25(5)19(12-16)22-15(3)6-9-20-23(22)18-8-7-17(24-4)13-21(18)26-20/h6-14H,1-3,5H3/q+1/i1D3,14D. The molecule has 0 spiro atoms. The molecule has 0 saturated carbocycles. The SMILES string of the molecule is [2H]C([2H])([2H])C([2H])(C)c1cc[n+](C)c(-c2c(C)ccc3oc4cc([N+]#[C-])ccc4c23)c1. The molecule has 0 saturated heterocycles. The number of rotatable bonds is 2. The van der Waals surface area contributed by atoms with E-state index in [4.69, 9.17) is 16.5 Å². The fourth-order valence-electron chi connectivity index (χ4n) is 3.41. The number of benzene rings is 2. The van der Waals surface area contributed by atoms with Crippen molar-refractivity contribution in [1.29, 1.82) is 0 Å². The zero-order chi connectivity index (χ0) is 21.8. The van der Waals surface area contributed by atoms with Crippen molar-refractivity contribution < 1.29 is 14.5 Å². The van der Waals surface area contributed by atoms with E-state index in [1.165, 1.54) is 6.92 Å². The van der Waals surface area contributed by atoms with Crippen LogP contribution in [0.15, 0.2) is 53.1 Å². The molecule has 0 amide bonds. The van der Waals surface area contributed by atoms with E-state index in [0.717, 1.165) is 27.6 Å². The van der Waals surface area contributed by atoms with Gasteiger partial charge in [0.05, 0.1) is 12.1 Å². The van der Waals surface area contributed by atoms with Gasteiger partial charge in [0.1, 0.15) is 18.2 Å². The number of nitrogens with zero attached hydrogens (tertiary/aromatic N) is 2. The van der Waals surface area contributed by atoms with Gasteiger partial charge >= 0.3 is 0 Å².